The molecule has 1 saturated heterocycles. The van der Waals surface area contributed by atoms with E-state index in [1.807, 2.05) is 30.0 Å². The Bertz CT molecular complexity index is 582. The van der Waals surface area contributed by atoms with Gasteiger partial charge in [-0.15, -0.1) is 0 Å². The molecule has 1 saturated carbocycles. The highest BCUT2D eigenvalue weighted by Crippen LogP contribution is 2.44. The van der Waals surface area contributed by atoms with Crippen LogP contribution >= 0.6 is 0 Å². The van der Waals surface area contributed by atoms with E-state index >= 15 is 0 Å². The van der Waals surface area contributed by atoms with Crippen molar-refractivity contribution in [2.24, 2.45) is 11.3 Å². The van der Waals surface area contributed by atoms with Gasteiger partial charge in [-0.05, 0) is 43.7 Å². The quantitative estimate of drug-likeness (QED) is 0.908. The number of aliphatic hydroxyl groups is 1. The molecule has 1 aromatic rings. The summed E-state index contributed by atoms with van der Waals surface area (Å²) >= 11 is 0. The standard InChI is InChI=1S/C19H27NO3/c1-14-5-3-6-16(23-2)17(14)18(22)20-10-4-9-19(12-20,13-21)11-15-7-8-15/h3,5-6,15,21H,4,7-13H2,1-2H3/t19-/m0/s1. The van der Waals surface area contributed by atoms with Crippen molar-refractivity contribution in [1.82, 2.24) is 4.90 Å². The maximum atomic E-state index is 13.1. The summed E-state index contributed by atoms with van der Waals surface area (Å²) < 4.78 is 5.39. The number of rotatable bonds is 5. The fraction of sp³-hybridized carbons (Fsp3) is 0.632. The fourth-order valence-corrected chi connectivity index (χ4v) is 3.92. The van der Waals surface area contributed by atoms with Crippen LogP contribution < -0.4 is 4.74 Å². The molecule has 1 heterocycles. The van der Waals surface area contributed by atoms with Gasteiger partial charge in [-0.2, -0.15) is 0 Å². The highest BCUT2D eigenvalue weighted by atomic mass is 16.5. The van der Waals surface area contributed by atoms with Crippen molar-refractivity contribution >= 4 is 5.91 Å². The van der Waals surface area contributed by atoms with Gasteiger partial charge in [0.2, 0.25) is 0 Å². The van der Waals surface area contributed by atoms with Gasteiger partial charge < -0.3 is 14.7 Å². The van der Waals surface area contributed by atoms with Crippen LogP contribution in [0.2, 0.25) is 0 Å². The number of methoxy groups -OCH3 is 1. The van der Waals surface area contributed by atoms with Gasteiger partial charge in [-0.3, -0.25) is 4.79 Å². The summed E-state index contributed by atoms with van der Waals surface area (Å²) in [5.41, 5.74) is 1.50. The molecule has 0 aromatic heterocycles. The molecule has 3 rings (SSSR count). The van der Waals surface area contributed by atoms with Gasteiger partial charge in [-0.1, -0.05) is 25.0 Å². The smallest absolute Gasteiger partial charge is 0.257 e. The molecule has 0 unspecified atom stereocenters. The van der Waals surface area contributed by atoms with E-state index in [1.54, 1.807) is 7.11 Å². The van der Waals surface area contributed by atoms with Crippen LogP contribution in [-0.4, -0.2) is 42.7 Å². The number of hydrogen-bond donors (Lipinski definition) is 1. The van der Waals surface area contributed by atoms with Crippen LogP contribution in [0.3, 0.4) is 0 Å². The summed E-state index contributed by atoms with van der Waals surface area (Å²) in [6.07, 6.45) is 5.60. The maximum Gasteiger partial charge on any atom is 0.257 e. The van der Waals surface area contributed by atoms with E-state index in [9.17, 15) is 9.90 Å². The summed E-state index contributed by atoms with van der Waals surface area (Å²) in [4.78, 5) is 15.0. The first-order valence-corrected chi connectivity index (χ1v) is 8.62. The topological polar surface area (TPSA) is 49.8 Å². The maximum absolute atomic E-state index is 13.1. The average Bonchev–Trinajstić information content (AvgIpc) is 3.38. The summed E-state index contributed by atoms with van der Waals surface area (Å²) in [5, 5.41) is 9.98. The molecule has 23 heavy (non-hydrogen) atoms. The van der Waals surface area contributed by atoms with Crippen molar-refractivity contribution in [3.8, 4) is 5.75 Å². The zero-order chi connectivity index (χ0) is 16.4. The molecule has 1 atom stereocenters. The summed E-state index contributed by atoms with van der Waals surface area (Å²) in [5.74, 6) is 1.43. The first-order valence-electron chi connectivity index (χ1n) is 8.62. The van der Waals surface area contributed by atoms with Gasteiger partial charge in [0.1, 0.15) is 5.75 Å². The minimum absolute atomic E-state index is 0.0354. The number of carbonyl (C=O) groups is 1. The van der Waals surface area contributed by atoms with Gasteiger partial charge in [0.05, 0.1) is 19.3 Å². The molecule has 2 aliphatic rings. The SMILES string of the molecule is COc1cccc(C)c1C(=O)N1CCC[C@](CO)(CC2CC2)C1. The van der Waals surface area contributed by atoms with Gasteiger partial charge >= 0.3 is 0 Å². The van der Waals surface area contributed by atoms with Crippen LogP contribution in [0.5, 0.6) is 5.75 Å². The molecule has 4 heteroatoms. The van der Waals surface area contributed by atoms with E-state index in [0.29, 0.717) is 17.9 Å². The summed E-state index contributed by atoms with van der Waals surface area (Å²) in [6.45, 7) is 3.56. The molecule has 126 valence electrons. The number of hydrogen-bond acceptors (Lipinski definition) is 3. The van der Waals surface area contributed by atoms with Crippen molar-refractivity contribution in [3.63, 3.8) is 0 Å². The number of ether oxygens (including phenoxy) is 1. The van der Waals surface area contributed by atoms with Gasteiger partial charge in [0, 0.05) is 18.5 Å². The lowest BCUT2D eigenvalue weighted by Gasteiger charge is -2.42. The molecule has 1 aliphatic carbocycles. The van der Waals surface area contributed by atoms with Crippen LogP contribution in [0, 0.1) is 18.3 Å². The summed E-state index contributed by atoms with van der Waals surface area (Å²) in [7, 11) is 1.60. The van der Waals surface area contributed by atoms with Crippen molar-refractivity contribution < 1.29 is 14.6 Å². The lowest BCUT2D eigenvalue weighted by molar-refractivity contribution is 0.0194. The number of piperidine rings is 1. The van der Waals surface area contributed by atoms with Crippen LogP contribution in [-0.2, 0) is 0 Å². The Morgan fingerprint density at radius 1 is 1.43 bits per heavy atom. The zero-order valence-electron chi connectivity index (χ0n) is 14.2. The molecule has 2 fully saturated rings. The second kappa shape index (κ2) is 6.52. The highest BCUT2D eigenvalue weighted by molar-refractivity contribution is 5.98. The fourth-order valence-electron chi connectivity index (χ4n) is 3.92. The molecular weight excluding hydrogens is 290 g/mol. The van der Waals surface area contributed by atoms with E-state index in [0.717, 1.165) is 37.3 Å². The number of benzene rings is 1. The third kappa shape index (κ3) is 3.37. The molecule has 1 aliphatic heterocycles. The number of nitrogens with zero attached hydrogens (tertiary/aromatic N) is 1. The van der Waals surface area contributed by atoms with E-state index in [-0.39, 0.29) is 17.9 Å². The Morgan fingerprint density at radius 3 is 2.87 bits per heavy atom. The van der Waals surface area contributed by atoms with Crippen molar-refractivity contribution in [3.05, 3.63) is 29.3 Å². The lowest BCUT2D eigenvalue weighted by Crippen LogP contribution is -2.48. The van der Waals surface area contributed by atoms with Crippen LogP contribution in [0.25, 0.3) is 0 Å². The second-order valence-corrected chi connectivity index (χ2v) is 7.29. The molecule has 1 amide bonds. The van der Waals surface area contributed by atoms with E-state index in [2.05, 4.69) is 0 Å². The number of likely N-dealkylation sites (tertiary alicyclic amines) is 1. The third-order valence-electron chi connectivity index (χ3n) is 5.37. The predicted molar refractivity (Wildman–Crippen MR) is 89.7 cm³/mol. The van der Waals surface area contributed by atoms with Gasteiger partial charge in [0.25, 0.3) is 5.91 Å². The molecule has 1 aromatic carbocycles. The van der Waals surface area contributed by atoms with Crippen LogP contribution in [0.1, 0.15) is 48.0 Å². The number of amides is 1. The Kier molecular flexibility index (Phi) is 4.62. The van der Waals surface area contributed by atoms with E-state index < -0.39 is 0 Å². The van der Waals surface area contributed by atoms with Crippen LogP contribution in [0.15, 0.2) is 18.2 Å². The Labute approximate surface area is 138 Å². The Morgan fingerprint density at radius 2 is 2.22 bits per heavy atom. The zero-order valence-corrected chi connectivity index (χ0v) is 14.2. The molecule has 1 N–H and O–H groups in total. The first-order chi connectivity index (χ1) is 11.1. The molecule has 0 spiro atoms. The van der Waals surface area contributed by atoms with E-state index in [1.165, 1.54) is 12.8 Å². The minimum Gasteiger partial charge on any atom is -0.496 e. The summed E-state index contributed by atoms with van der Waals surface area (Å²) in [6, 6.07) is 5.70. The monoisotopic (exact) mass is 317 g/mol. The average molecular weight is 317 g/mol. The molecular formula is C19H27NO3. The molecule has 0 radical (unpaired) electrons. The number of carbonyl (C=O) groups excluding carboxylic acids is 1. The van der Waals surface area contributed by atoms with Gasteiger partial charge in [-0.25, -0.2) is 0 Å². The van der Waals surface area contributed by atoms with Crippen molar-refractivity contribution in [2.45, 2.75) is 39.0 Å². The second-order valence-electron chi connectivity index (χ2n) is 7.29. The van der Waals surface area contributed by atoms with Crippen LogP contribution in [0.4, 0.5) is 0 Å². The lowest BCUT2D eigenvalue weighted by atomic mass is 9.76. The van der Waals surface area contributed by atoms with Crippen molar-refractivity contribution in [2.75, 3.05) is 26.8 Å². The highest BCUT2D eigenvalue weighted by Gasteiger charge is 2.41. The Balaban J connectivity index is 1.82. The first kappa shape index (κ1) is 16.3. The number of aryl methyl sites for hydroxylation is 1. The largest absolute Gasteiger partial charge is 0.496 e. The number of aliphatic hydroxyl groups excluding tert-OH is 1. The third-order valence-corrected chi connectivity index (χ3v) is 5.37. The normalized spacial score (nSPS) is 24.6. The van der Waals surface area contributed by atoms with Gasteiger partial charge in [0.15, 0.2) is 0 Å². The van der Waals surface area contributed by atoms with E-state index in [4.69, 9.17) is 4.74 Å². The molecule has 4 nitrogen and oxygen atoms in total. The molecule has 0 bridgehead atoms. The Hall–Kier alpha value is -1.55. The van der Waals surface area contributed by atoms with Crippen molar-refractivity contribution in [1.29, 1.82) is 0 Å². The predicted octanol–water partition coefficient (Wildman–Crippen LogP) is 3.02. The minimum atomic E-state index is -0.106.